The Labute approximate surface area is 263 Å². The van der Waals surface area contributed by atoms with Gasteiger partial charge in [-0.1, -0.05) is 19.1 Å². The third kappa shape index (κ3) is 5.14. The lowest BCUT2D eigenvalue weighted by molar-refractivity contribution is -0.141. The van der Waals surface area contributed by atoms with E-state index in [4.69, 9.17) is 0 Å². The zero-order chi connectivity index (χ0) is 30.7. The number of carbonyl (C=O) groups excluding carboxylic acids is 3. The molecule has 4 heterocycles. The normalized spacial score (nSPS) is 22.4. The Kier molecular flexibility index (Phi) is 6.99. The van der Waals surface area contributed by atoms with Crippen LogP contribution < -0.4 is 10.6 Å². The quantitative estimate of drug-likeness (QED) is 0.278. The third-order valence-electron chi connectivity index (χ3n) is 9.30. The Morgan fingerprint density at radius 3 is 2.52 bits per heavy atom. The van der Waals surface area contributed by atoms with Crippen molar-refractivity contribution in [1.29, 1.82) is 0 Å². The summed E-state index contributed by atoms with van der Waals surface area (Å²) in [5, 5.41) is 11.3. The molecular weight excluding hydrogens is 624 g/mol. The molecule has 4 aromatic rings. The number of amides is 3. The first-order chi connectivity index (χ1) is 21.1. The maximum atomic E-state index is 14.1. The number of aromatic nitrogens is 5. The standard InChI is InChI=1S/C32H33BrN8O3/c1-17-4-9-26(33)37-29(17)38-30(43)24-13-32(3)11-10-25(32)41(24)27(42)16-40-23-8-5-19(20-14-34-18(2)35-15-20)12-22(23)28(39-40)31(44)36-21-6-7-21/h4-5,8-9,12,14-15,21,24-25H,6-7,10-11,13,16H2,1-3H3,(H,36,44)(H,37,38,43)/t24-,25+,32+/m0/s1. The molecule has 2 aliphatic carbocycles. The van der Waals surface area contributed by atoms with E-state index in [2.05, 4.69) is 53.5 Å². The molecule has 1 aliphatic heterocycles. The number of anilines is 1. The molecule has 2 N–H and O–H groups in total. The minimum absolute atomic E-state index is 0.0325. The van der Waals surface area contributed by atoms with Crippen molar-refractivity contribution in [3.8, 4) is 11.1 Å². The number of nitrogens with zero attached hydrogens (tertiary/aromatic N) is 6. The van der Waals surface area contributed by atoms with Crippen LogP contribution in [0.3, 0.4) is 0 Å². The molecule has 0 bridgehead atoms. The van der Waals surface area contributed by atoms with E-state index in [-0.39, 0.29) is 47.5 Å². The fraction of sp³-hybridized carbons (Fsp3) is 0.406. The van der Waals surface area contributed by atoms with Gasteiger partial charge in [0, 0.05) is 35.4 Å². The Morgan fingerprint density at radius 2 is 1.82 bits per heavy atom. The minimum Gasteiger partial charge on any atom is -0.348 e. The molecule has 7 rings (SSSR count). The Bertz CT molecular complexity index is 1820. The smallest absolute Gasteiger partial charge is 0.272 e. The molecule has 226 valence electrons. The summed E-state index contributed by atoms with van der Waals surface area (Å²) in [5.41, 5.74) is 3.33. The molecule has 3 aliphatic rings. The lowest BCUT2D eigenvalue weighted by Gasteiger charge is -2.44. The van der Waals surface area contributed by atoms with Crippen molar-refractivity contribution in [2.24, 2.45) is 5.41 Å². The summed E-state index contributed by atoms with van der Waals surface area (Å²) in [7, 11) is 0. The number of hydrogen-bond acceptors (Lipinski definition) is 7. The van der Waals surface area contributed by atoms with E-state index in [0.717, 1.165) is 42.4 Å². The van der Waals surface area contributed by atoms with Gasteiger partial charge in [0.25, 0.3) is 5.91 Å². The average Bonchev–Trinajstić information content (AvgIpc) is 3.70. The first kappa shape index (κ1) is 28.6. The van der Waals surface area contributed by atoms with Gasteiger partial charge in [-0.15, -0.1) is 0 Å². The molecule has 3 amide bonds. The molecule has 1 aromatic carbocycles. The maximum Gasteiger partial charge on any atom is 0.272 e. The lowest BCUT2D eigenvalue weighted by atomic mass is 9.66. The van der Waals surface area contributed by atoms with Gasteiger partial charge in [0.2, 0.25) is 11.8 Å². The summed E-state index contributed by atoms with van der Waals surface area (Å²) in [6, 6.07) is 8.90. The van der Waals surface area contributed by atoms with Crippen molar-refractivity contribution >= 4 is 50.4 Å². The predicted molar refractivity (Wildman–Crippen MR) is 168 cm³/mol. The number of rotatable bonds is 7. The molecule has 3 aromatic heterocycles. The van der Waals surface area contributed by atoms with E-state index in [9.17, 15) is 14.4 Å². The van der Waals surface area contributed by atoms with Crippen LogP contribution in [0.2, 0.25) is 0 Å². The molecule has 0 radical (unpaired) electrons. The van der Waals surface area contributed by atoms with Gasteiger partial charge < -0.3 is 15.5 Å². The van der Waals surface area contributed by atoms with E-state index in [1.807, 2.05) is 44.2 Å². The van der Waals surface area contributed by atoms with Gasteiger partial charge in [-0.25, -0.2) is 15.0 Å². The Balaban J connectivity index is 1.20. The molecule has 0 spiro atoms. The highest BCUT2D eigenvalue weighted by molar-refractivity contribution is 9.10. The van der Waals surface area contributed by atoms with Gasteiger partial charge in [-0.3, -0.25) is 19.1 Å². The molecule has 2 saturated carbocycles. The first-order valence-corrected chi connectivity index (χ1v) is 15.7. The summed E-state index contributed by atoms with van der Waals surface area (Å²) in [6.45, 7) is 5.77. The zero-order valence-corrected chi connectivity index (χ0v) is 26.4. The second-order valence-electron chi connectivity index (χ2n) is 12.5. The number of halogens is 1. The van der Waals surface area contributed by atoms with Crippen molar-refractivity contribution < 1.29 is 14.4 Å². The molecule has 12 heteroatoms. The summed E-state index contributed by atoms with van der Waals surface area (Å²) in [4.78, 5) is 55.9. The number of hydrogen-bond donors (Lipinski definition) is 2. The van der Waals surface area contributed by atoms with Gasteiger partial charge in [-0.05, 0) is 96.6 Å². The Hall–Kier alpha value is -4.19. The fourth-order valence-electron chi connectivity index (χ4n) is 6.51. The topological polar surface area (TPSA) is 135 Å². The van der Waals surface area contributed by atoms with Crippen LogP contribution in [0, 0.1) is 19.3 Å². The van der Waals surface area contributed by atoms with Gasteiger partial charge in [-0.2, -0.15) is 5.10 Å². The van der Waals surface area contributed by atoms with Crippen LogP contribution in [0.5, 0.6) is 0 Å². The fourth-order valence-corrected chi connectivity index (χ4v) is 6.82. The highest BCUT2D eigenvalue weighted by Crippen LogP contribution is 2.54. The minimum atomic E-state index is -0.632. The summed E-state index contributed by atoms with van der Waals surface area (Å²) < 4.78 is 2.22. The summed E-state index contributed by atoms with van der Waals surface area (Å²) in [6.07, 6.45) is 7.78. The third-order valence-corrected chi connectivity index (χ3v) is 9.74. The van der Waals surface area contributed by atoms with Crippen LogP contribution in [-0.4, -0.2) is 65.5 Å². The van der Waals surface area contributed by atoms with Gasteiger partial charge in [0.15, 0.2) is 5.69 Å². The van der Waals surface area contributed by atoms with E-state index < -0.39 is 6.04 Å². The van der Waals surface area contributed by atoms with E-state index in [0.29, 0.717) is 33.6 Å². The van der Waals surface area contributed by atoms with Crippen LogP contribution in [0.4, 0.5) is 5.82 Å². The summed E-state index contributed by atoms with van der Waals surface area (Å²) in [5.74, 6) is 0.433. The van der Waals surface area contributed by atoms with Gasteiger partial charge in [0.1, 0.15) is 28.8 Å². The zero-order valence-electron chi connectivity index (χ0n) is 24.8. The first-order valence-electron chi connectivity index (χ1n) is 15.0. The van der Waals surface area contributed by atoms with Gasteiger partial charge in [0.05, 0.1) is 5.52 Å². The predicted octanol–water partition coefficient (Wildman–Crippen LogP) is 4.57. The number of benzene rings is 1. The largest absolute Gasteiger partial charge is 0.348 e. The van der Waals surface area contributed by atoms with Crippen LogP contribution in [0.1, 0.15) is 60.9 Å². The van der Waals surface area contributed by atoms with Crippen LogP contribution >= 0.6 is 15.9 Å². The van der Waals surface area contributed by atoms with Crippen molar-refractivity contribution in [3.63, 3.8) is 0 Å². The van der Waals surface area contributed by atoms with Crippen molar-refractivity contribution in [2.45, 2.75) is 77.5 Å². The molecule has 11 nitrogen and oxygen atoms in total. The van der Waals surface area contributed by atoms with Crippen LogP contribution in [-0.2, 0) is 16.1 Å². The number of fused-ring (bicyclic) bond motifs is 2. The summed E-state index contributed by atoms with van der Waals surface area (Å²) >= 11 is 3.38. The van der Waals surface area contributed by atoms with Crippen molar-refractivity contribution in [1.82, 2.24) is 34.9 Å². The van der Waals surface area contributed by atoms with E-state index >= 15 is 0 Å². The molecule has 1 saturated heterocycles. The second-order valence-corrected chi connectivity index (χ2v) is 13.3. The molecule has 3 atom stereocenters. The SMILES string of the molecule is Cc1ncc(-c2ccc3c(c2)c(C(=O)NC2CC2)nn3CC(=O)N2[C@H](C(=O)Nc3nc(Br)ccc3C)C[C@@]3(C)CC[C@@H]23)cn1. The molecule has 0 unspecified atom stereocenters. The second kappa shape index (κ2) is 10.8. The maximum absolute atomic E-state index is 14.1. The molecular formula is C32H33BrN8O3. The lowest BCUT2D eigenvalue weighted by Crippen LogP contribution is -2.52. The number of pyridine rings is 1. The molecule has 44 heavy (non-hydrogen) atoms. The van der Waals surface area contributed by atoms with Crippen LogP contribution in [0.15, 0.2) is 47.3 Å². The van der Waals surface area contributed by atoms with E-state index in [1.165, 1.54) is 0 Å². The van der Waals surface area contributed by atoms with E-state index in [1.54, 1.807) is 22.0 Å². The average molecular weight is 658 g/mol. The number of nitrogens with one attached hydrogen (secondary N) is 2. The van der Waals surface area contributed by atoms with Crippen LogP contribution in [0.25, 0.3) is 22.0 Å². The highest BCUT2D eigenvalue weighted by Gasteiger charge is 2.58. The van der Waals surface area contributed by atoms with Gasteiger partial charge >= 0.3 is 0 Å². The number of carbonyl (C=O) groups is 3. The number of likely N-dealkylation sites (tertiary alicyclic amines) is 1. The number of aryl methyl sites for hydroxylation is 2. The Morgan fingerprint density at radius 1 is 1.05 bits per heavy atom. The van der Waals surface area contributed by atoms with Crippen molar-refractivity contribution in [2.75, 3.05) is 5.32 Å². The highest BCUT2D eigenvalue weighted by atomic mass is 79.9. The molecule has 3 fully saturated rings. The monoisotopic (exact) mass is 656 g/mol. The van der Waals surface area contributed by atoms with Crippen molar-refractivity contribution in [3.05, 3.63) is 64.4 Å².